The Balaban J connectivity index is 2.31. The second kappa shape index (κ2) is 8.72. The Kier molecular flexibility index (Phi) is 6.33. The molecule has 0 aliphatic carbocycles. The van der Waals surface area contributed by atoms with Crippen LogP contribution >= 0.6 is 23.1 Å². The maximum atomic E-state index is 14.8. The summed E-state index contributed by atoms with van der Waals surface area (Å²) in [6.45, 7) is 3.98. The van der Waals surface area contributed by atoms with Crippen LogP contribution in [0.2, 0.25) is 0 Å². The zero-order chi connectivity index (χ0) is 20.1. The molecule has 0 fully saturated rings. The predicted molar refractivity (Wildman–Crippen MR) is 118 cm³/mol. The lowest BCUT2D eigenvalue weighted by Gasteiger charge is -2.30. The average molecular weight is 455 g/mol. The lowest BCUT2D eigenvalue weighted by atomic mass is 10.1. The van der Waals surface area contributed by atoms with Gasteiger partial charge in [0.15, 0.2) is 7.14 Å². The van der Waals surface area contributed by atoms with E-state index in [1.807, 2.05) is 84.9 Å². The van der Waals surface area contributed by atoms with Gasteiger partial charge in [0.1, 0.15) is 0 Å². The number of esters is 1. The molecule has 0 amide bonds. The second-order valence-electron chi connectivity index (χ2n) is 6.30. The van der Waals surface area contributed by atoms with Gasteiger partial charge in [-0.1, -0.05) is 95.3 Å². The summed E-state index contributed by atoms with van der Waals surface area (Å²) in [5.41, 5.74) is 0.174. The summed E-state index contributed by atoms with van der Waals surface area (Å²) in [5.74, 6) is -0.569. The molecule has 3 nitrogen and oxygen atoms in total. The number of hydrogen-bond acceptors (Lipinski definition) is 3. The van der Waals surface area contributed by atoms with Gasteiger partial charge in [-0.05, 0) is 17.7 Å². The highest BCUT2D eigenvalue weighted by Crippen LogP contribution is 2.60. The molecule has 3 rings (SSSR count). The van der Waals surface area contributed by atoms with Crippen LogP contribution in [-0.2, 0) is 14.1 Å². The molecule has 0 aliphatic rings. The molecule has 0 aliphatic heterocycles. The van der Waals surface area contributed by atoms with Gasteiger partial charge in [0.25, 0.3) is 0 Å². The topological polar surface area (TPSA) is 43.4 Å². The first kappa shape index (κ1) is 20.3. The molecule has 0 spiro atoms. The SMILES string of the molecule is C=C(C(=O)OC)[C@@H](c1ccc(Br)cc1)P(=O)(c1ccccc1)c1ccccc1. The Morgan fingerprint density at radius 2 is 1.36 bits per heavy atom. The fourth-order valence-electron chi connectivity index (χ4n) is 3.26. The highest BCUT2D eigenvalue weighted by molar-refractivity contribution is 9.10. The quantitative estimate of drug-likeness (QED) is 0.290. The Labute approximate surface area is 173 Å². The zero-order valence-corrected chi connectivity index (χ0v) is 17.9. The van der Waals surface area contributed by atoms with Crippen LogP contribution in [0.1, 0.15) is 11.2 Å². The third-order valence-electron chi connectivity index (χ3n) is 4.61. The number of hydrogen-bond donors (Lipinski definition) is 0. The Morgan fingerprint density at radius 1 is 0.893 bits per heavy atom. The van der Waals surface area contributed by atoms with E-state index in [1.54, 1.807) is 0 Å². The van der Waals surface area contributed by atoms with Gasteiger partial charge in [-0.25, -0.2) is 4.79 Å². The molecule has 0 saturated heterocycles. The van der Waals surface area contributed by atoms with Crippen LogP contribution in [0.25, 0.3) is 0 Å². The molecule has 5 heteroatoms. The Bertz CT molecular complexity index is 971. The molecule has 142 valence electrons. The second-order valence-corrected chi connectivity index (χ2v) is 10.1. The van der Waals surface area contributed by atoms with Crippen molar-refractivity contribution in [2.45, 2.75) is 5.66 Å². The van der Waals surface area contributed by atoms with Crippen molar-refractivity contribution in [1.29, 1.82) is 0 Å². The molecule has 3 aromatic rings. The van der Waals surface area contributed by atoms with Crippen molar-refractivity contribution >= 4 is 39.7 Å². The maximum absolute atomic E-state index is 14.8. The summed E-state index contributed by atoms with van der Waals surface area (Å²) in [6.07, 6.45) is 0. The summed E-state index contributed by atoms with van der Waals surface area (Å²) in [6, 6.07) is 26.0. The van der Waals surface area contributed by atoms with E-state index >= 15 is 0 Å². The first-order valence-electron chi connectivity index (χ1n) is 8.72. The van der Waals surface area contributed by atoms with E-state index in [2.05, 4.69) is 22.5 Å². The number of carbonyl (C=O) groups is 1. The molecule has 28 heavy (non-hydrogen) atoms. The zero-order valence-electron chi connectivity index (χ0n) is 15.4. The molecule has 0 N–H and O–H groups in total. The molecular weight excluding hydrogens is 435 g/mol. The van der Waals surface area contributed by atoms with Crippen LogP contribution in [0.3, 0.4) is 0 Å². The highest BCUT2D eigenvalue weighted by Gasteiger charge is 2.41. The van der Waals surface area contributed by atoms with Gasteiger partial charge < -0.3 is 9.30 Å². The third-order valence-corrected chi connectivity index (χ3v) is 8.60. The van der Waals surface area contributed by atoms with Crippen LogP contribution in [0.5, 0.6) is 0 Å². The number of halogens is 1. The van der Waals surface area contributed by atoms with Gasteiger partial charge in [0, 0.05) is 20.7 Å². The van der Waals surface area contributed by atoms with Gasteiger partial charge in [-0.2, -0.15) is 0 Å². The van der Waals surface area contributed by atoms with Crippen LogP contribution in [0, 0.1) is 0 Å². The number of methoxy groups -OCH3 is 1. The number of rotatable bonds is 6. The fourth-order valence-corrected chi connectivity index (χ4v) is 6.79. The molecule has 0 saturated carbocycles. The van der Waals surface area contributed by atoms with Gasteiger partial charge in [-0.3, -0.25) is 0 Å². The first-order chi connectivity index (χ1) is 13.5. The molecule has 0 aromatic heterocycles. The molecule has 0 heterocycles. The third kappa shape index (κ3) is 3.89. The first-order valence-corrected chi connectivity index (χ1v) is 11.3. The van der Waals surface area contributed by atoms with Crippen LogP contribution in [0.15, 0.2) is 102 Å². The molecule has 0 radical (unpaired) electrons. The molecular formula is C23H20BrO3P. The van der Waals surface area contributed by atoms with Gasteiger partial charge >= 0.3 is 5.97 Å². The predicted octanol–water partition coefficient (Wildman–Crippen LogP) is 5.23. The molecule has 0 unspecified atom stereocenters. The van der Waals surface area contributed by atoms with E-state index in [9.17, 15) is 9.36 Å². The minimum atomic E-state index is -3.31. The van der Waals surface area contributed by atoms with Crippen molar-refractivity contribution < 1.29 is 14.1 Å². The molecule has 0 bridgehead atoms. The van der Waals surface area contributed by atoms with E-state index in [0.29, 0.717) is 10.6 Å². The van der Waals surface area contributed by atoms with Crippen LogP contribution in [0.4, 0.5) is 0 Å². The Hall–Kier alpha value is -2.42. The van der Waals surface area contributed by atoms with Crippen LogP contribution < -0.4 is 10.6 Å². The monoisotopic (exact) mass is 454 g/mol. The van der Waals surface area contributed by atoms with E-state index in [4.69, 9.17) is 4.74 Å². The van der Waals surface area contributed by atoms with Crippen molar-refractivity contribution in [3.05, 3.63) is 107 Å². The van der Waals surface area contributed by atoms with E-state index in [-0.39, 0.29) is 5.57 Å². The van der Waals surface area contributed by atoms with Gasteiger partial charge in [0.2, 0.25) is 0 Å². The van der Waals surface area contributed by atoms with Crippen molar-refractivity contribution in [3.63, 3.8) is 0 Å². The summed E-state index contributed by atoms with van der Waals surface area (Å²) in [5, 5.41) is 1.33. The number of carbonyl (C=O) groups excluding carboxylic acids is 1. The number of ether oxygens (including phenoxy) is 1. The maximum Gasteiger partial charge on any atom is 0.334 e. The van der Waals surface area contributed by atoms with E-state index in [0.717, 1.165) is 10.0 Å². The summed E-state index contributed by atoms with van der Waals surface area (Å²) >= 11 is 3.43. The highest BCUT2D eigenvalue weighted by atomic mass is 79.9. The van der Waals surface area contributed by atoms with E-state index in [1.165, 1.54) is 7.11 Å². The summed E-state index contributed by atoms with van der Waals surface area (Å²) in [7, 11) is -2.00. The van der Waals surface area contributed by atoms with Crippen molar-refractivity contribution in [2.75, 3.05) is 7.11 Å². The lowest BCUT2D eigenvalue weighted by Crippen LogP contribution is -2.25. The summed E-state index contributed by atoms with van der Waals surface area (Å²) < 4.78 is 20.6. The summed E-state index contributed by atoms with van der Waals surface area (Å²) in [4.78, 5) is 12.5. The normalized spacial score (nSPS) is 12.2. The minimum absolute atomic E-state index is 0.167. The molecule has 3 aromatic carbocycles. The lowest BCUT2D eigenvalue weighted by molar-refractivity contribution is -0.136. The van der Waals surface area contributed by atoms with Gasteiger partial charge in [0.05, 0.1) is 12.8 Å². The standard InChI is InChI=1S/C23H20BrO3P/c1-17(23(25)27-2)22(18-13-15-19(24)16-14-18)28(26,20-9-5-3-6-10-20)21-11-7-4-8-12-21/h3-16,22H,1H2,2H3/t22-/m0/s1. The van der Waals surface area contributed by atoms with Crippen molar-refractivity contribution in [2.24, 2.45) is 0 Å². The largest absolute Gasteiger partial charge is 0.466 e. The van der Waals surface area contributed by atoms with Crippen molar-refractivity contribution in [1.82, 2.24) is 0 Å². The van der Waals surface area contributed by atoms with Gasteiger partial charge in [-0.15, -0.1) is 0 Å². The van der Waals surface area contributed by atoms with Crippen LogP contribution in [-0.4, -0.2) is 13.1 Å². The number of benzene rings is 3. The molecule has 1 atom stereocenters. The van der Waals surface area contributed by atoms with E-state index < -0.39 is 18.8 Å². The Morgan fingerprint density at radius 3 is 1.79 bits per heavy atom. The smallest absolute Gasteiger partial charge is 0.334 e. The minimum Gasteiger partial charge on any atom is -0.466 e. The fraction of sp³-hybridized carbons (Fsp3) is 0.0870. The average Bonchev–Trinajstić information content (AvgIpc) is 2.75. The van der Waals surface area contributed by atoms with Crippen molar-refractivity contribution in [3.8, 4) is 0 Å².